The van der Waals surface area contributed by atoms with Gasteiger partial charge >= 0.3 is 0 Å². The Morgan fingerprint density at radius 3 is 2.19 bits per heavy atom. The molecule has 0 saturated heterocycles. The molecule has 9 heteroatoms. The summed E-state index contributed by atoms with van der Waals surface area (Å²) in [5, 5.41) is 2.69. The van der Waals surface area contributed by atoms with Gasteiger partial charge in [-0.2, -0.15) is 0 Å². The number of anilines is 1. The van der Waals surface area contributed by atoms with Crippen LogP contribution in [0.3, 0.4) is 0 Å². The lowest BCUT2D eigenvalue weighted by atomic mass is 10.2. The fourth-order valence-electron chi connectivity index (χ4n) is 2.66. The molecule has 2 N–H and O–H groups in total. The number of para-hydroxylation sites is 2. The predicted octanol–water partition coefficient (Wildman–Crippen LogP) is 3.96. The van der Waals surface area contributed by atoms with Crippen LogP contribution in [0.1, 0.15) is 17.3 Å². The summed E-state index contributed by atoms with van der Waals surface area (Å²) in [6, 6.07) is 16.1. The van der Waals surface area contributed by atoms with Crippen LogP contribution in [0, 0.1) is 11.6 Å². The number of amides is 1. The second-order valence-electron chi connectivity index (χ2n) is 6.73. The second kappa shape index (κ2) is 9.57. The van der Waals surface area contributed by atoms with Gasteiger partial charge in [-0.25, -0.2) is 17.2 Å². The van der Waals surface area contributed by atoms with E-state index in [2.05, 4.69) is 10.0 Å². The highest BCUT2D eigenvalue weighted by Gasteiger charge is 2.17. The van der Waals surface area contributed by atoms with Gasteiger partial charge in [-0.3, -0.25) is 9.52 Å². The van der Waals surface area contributed by atoms with Crippen molar-refractivity contribution in [3.8, 4) is 5.75 Å². The van der Waals surface area contributed by atoms with Gasteiger partial charge in [-0.1, -0.05) is 24.3 Å². The van der Waals surface area contributed by atoms with E-state index in [0.717, 1.165) is 6.07 Å². The monoisotopic (exact) mass is 446 g/mol. The van der Waals surface area contributed by atoms with E-state index in [1.165, 1.54) is 54.6 Å². The van der Waals surface area contributed by atoms with Gasteiger partial charge in [0.15, 0.2) is 11.6 Å². The van der Waals surface area contributed by atoms with Gasteiger partial charge < -0.3 is 10.1 Å². The lowest BCUT2D eigenvalue weighted by Gasteiger charge is -2.15. The largest absolute Gasteiger partial charge is 0.488 e. The summed E-state index contributed by atoms with van der Waals surface area (Å²) in [6.45, 7) is 1.74. The maximum Gasteiger partial charge on any atom is 0.261 e. The molecular weight excluding hydrogens is 426 g/mol. The summed E-state index contributed by atoms with van der Waals surface area (Å²) < 4.78 is 59.7. The van der Waals surface area contributed by atoms with E-state index < -0.39 is 33.6 Å². The minimum atomic E-state index is -4.02. The lowest BCUT2D eigenvalue weighted by molar-refractivity contribution is 0.0926. The molecule has 0 fully saturated rings. The van der Waals surface area contributed by atoms with E-state index in [0.29, 0.717) is 0 Å². The highest BCUT2D eigenvalue weighted by atomic mass is 32.2. The Labute approximate surface area is 178 Å². The molecule has 0 aromatic heterocycles. The molecule has 0 spiro atoms. The van der Waals surface area contributed by atoms with Crippen molar-refractivity contribution in [1.82, 2.24) is 5.32 Å². The first-order valence-electron chi connectivity index (χ1n) is 9.32. The number of carbonyl (C=O) groups is 1. The number of rotatable bonds is 8. The molecule has 3 aromatic carbocycles. The van der Waals surface area contributed by atoms with Crippen LogP contribution >= 0.6 is 0 Å². The van der Waals surface area contributed by atoms with Gasteiger partial charge in [-0.15, -0.1) is 0 Å². The molecule has 0 aliphatic rings. The number of benzene rings is 3. The van der Waals surface area contributed by atoms with Crippen molar-refractivity contribution in [2.24, 2.45) is 0 Å². The standard InChI is InChI=1S/C22H20F2N2O4S/c1-15(14-30-21-9-5-3-7-19(21)24)25-22(27)16-10-12-17(13-11-16)31(28,29)26-20-8-4-2-6-18(20)23/h2-13,15,26H,14H2,1H3,(H,25,27). The Morgan fingerprint density at radius 1 is 0.935 bits per heavy atom. The van der Waals surface area contributed by atoms with Crippen LogP contribution in [0.15, 0.2) is 77.7 Å². The molecule has 1 atom stereocenters. The molecule has 0 radical (unpaired) electrons. The molecule has 3 aromatic rings. The van der Waals surface area contributed by atoms with Gasteiger partial charge in [0.25, 0.3) is 15.9 Å². The van der Waals surface area contributed by atoms with E-state index in [1.54, 1.807) is 19.1 Å². The minimum absolute atomic E-state index is 0.0473. The fourth-order valence-corrected chi connectivity index (χ4v) is 3.73. The van der Waals surface area contributed by atoms with Gasteiger partial charge in [0.05, 0.1) is 16.6 Å². The van der Waals surface area contributed by atoms with Crippen molar-refractivity contribution in [2.75, 3.05) is 11.3 Å². The van der Waals surface area contributed by atoms with Crippen molar-refractivity contribution in [1.29, 1.82) is 0 Å². The van der Waals surface area contributed by atoms with Crippen LogP contribution in [-0.2, 0) is 10.0 Å². The Bertz CT molecular complexity index is 1170. The molecule has 0 aliphatic heterocycles. The number of halogens is 2. The van der Waals surface area contributed by atoms with Crippen molar-refractivity contribution in [3.63, 3.8) is 0 Å². The van der Waals surface area contributed by atoms with Crippen molar-refractivity contribution in [3.05, 3.63) is 90.0 Å². The third-order valence-electron chi connectivity index (χ3n) is 4.25. The van der Waals surface area contributed by atoms with Crippen LogP contribution in [0.25, 0.3) is 0 Å². The maximum atomic E-state index is 13.7. The average Bonchev–Trinajstić information content (AvgIpc) is 2.75. The Hall–Kier alpha value is -3.46. The van der Waals surface area contributed by atoms with Crippen LogP contribution < -0.4 is 14.8 Å². The summed E-state index contributed by atoms with van der Waals surface area (Å²) in [4.78, 5) is 12.3. The summed E-state index contributed by atoms with van der Waals surface area (Å²) in [5.74, 6) is -1.56. The Balaban J connectivity index is 1.60. The van der Waals surface area contributed by atoms with E-state index >= 15 is 0 Å². The summed E-state index contributed by atoms with van der Waals surface area (Å²) in [5.41, 5.74) is 0.0515. The Kier molecular flexibility index (Phi) is 6.86. The van der Waals surface area contributed by atoms with Gasteiger partial charge in [0, 0.05) is 5.56 Å². The molecule has 1 unspecified atom stereocenters. The first-order chi connectivity index (χ1) is 14.8. The topological polar surface area (TPSA) is 84.5 Å². The molecule has 1 amide bonds. The predicted molar refractivity (Wildman–Crippen MR) is 112 cm³/mol. The molecule has 3 rings (SSSR count). The van der Waals surface area contributed by atoms with Crippen LogP contribution in [0.4, 0.5) is 14.5 Å². The van der Waals surface area contributed by atoms with Gasteiger partial charge in [0.2, 0.25) is 0 Å². The molecule has 0 heterocycles. The highest BCUT2D eigenvalue weighted by Crippen LogP contribution is 2.19. The molecule has 31 heavy (non-hydrogen) atoms. The fraction of sp³-hybridized carbons (Fsp3) is 0.136. The molecule has 6 nitrogen and oxygen atoms in total. The zero-order valence-corrected chi connectivity index (χ0v) is 17.3. The summed E-state index contributed by atoms with van der Waals surface area (Å²) in [6.07, 6.45) is 0. The van der Waals surface area contributed by atoms with E-state index in [-0.39, 0.29) is 28.5 Å². The highest BCUT2D eigenvalue weighted by molar-refractivity contribution is 7.92. The second-order valence-corrected chi connectivity index (χ2v) is 8.41. The average molecular weight is 446 g/mol. The lowest BCUT2D eigenvalue weighted by Crippen LogP contribution is -2.36. The molecule has 0 bridgehead atoms. The van der Waals surface area contributed by atoms with E-state index in [1.807, 2.05) is 0 Å². The van der Waals surface area contributed by atoms with Crippen LogP contribution in [0.5, 0.6) is 5.75 Å². The molecule has 0 aliphatic carbocycles. The minimum Gasteiger partial charge on any atom is -0.488 e. The van der Waals surface area contributed by atoms with Crippen molar-refractivity contribution < 1.29 is 26.7 Å². The normalized spacial score (nSPS) is 12.1. The molecule has 0 saturated carbocycles. The summed E-state index contributed by atoms with van der Waals surface area (Å²) >= 11 is 0. The molecule has 162 valence electrons. The number of hydrogen-bond acceptors (Lipinski definition) is 4. The summed E-state index contributed by atoms with van der Waals surface area (Å²) in [7, 11) is -4.02. The molecular formula is C22H20F2N2O4S. The van der Waals surface area contributed by atoms with Crippen molar-refractivity contribution >= 4 is 21.6 Å². The SMILES string of the molecule is CC(COc1ccccc1F)NC(=O)c1ccc(S(=O)(=O)Nc2ccccc2F)cc1. The van der Waals surface area contributed by atoms with E-state index in [9.17, 15) is 22.0 Å². The number of sulfonamides is 1. The first kappa shape index (κ1) is 22.2. The first-order valence-corrected chi connectivity index (χ1v) is 10.8. The quantitative estimate of drug-likeness (QED) is 0.549. The third-order valence-corrected chi connectivity index (χ3v) is 5.63. The maximum absolute atomic E-state index is 13.7. The van der Waals surface area contributed by atoms with Crippen LogP contribution in [-0.4, -0.2) is 27.0 Å². The van der Waals surface area contributed by atoms with Crippen LogP contribution in [0.2, 0.25) is 0 Å². The number of nitrogens with one attached hydrogen (secondary N) is 2. The third kappa shape index (κ3) is 5.79. The van der Waals surface area contributed by atoms with E-state index in [4.69, 9.17) is 4.74 Å². The zero-order valence-electron chi connectivity index (χ0n) is 16.5. The van der Waals surface area contributed by atoms with Gasteiger partial charge in [0.1, 0.15) is 12.4 Å². The Morgan fingerprint density at radius 2 is 1.55 bits per heavy atom. The number of hydrogen-bond donors (Lipinski definition) is 2. The number of carbonyl (C=O) groups excluding carboxylic acids is 1. The number of ether oxygens (including phenoxy) is 1. The zero-order chi connectivity index (χ0) is 22.4. The smallest absolute Gasteiger partial charge is 0.261 e. The van der Waals surface area contributed by atoms with Gasteiger partial charge in [-0.05, 0) is 55.5 Å². The van der Waals surface area contributed by atoms with Crippen molar-refractivity contribution in [2.45, 2.75) is 17.9 Å².